The van der Waals surface area contributed by atoms with Gasteiger partial charge < -0.3 is 9.84 Å². The predicted molar refractivity (Wildman–Crippen MR) is 121 cm³/mol. The Kier molecular flexibility index (Phi) is 7.66. The van der Waals surface area contributed by atoms with Crippen LogP contribution in [-0.4, -0.2) is 39.0 Å². The second kappa shape index (κ2) is 10.4. The number of hydrogen-bond donors (Lipinski definition) is 1. The van der Waals surface area contributed by atoms with Crippen molar-refractivity contribution in [1.82, 2.24) is 14.7 Å². The SMILES string of the molecule is CCCN(Cc1c(C)nn(-c2ccccc2)c1Oc1ccc(C)cc1)C[C@H](O)CC. The molecule has 0 bridgehead atoms. The van der Waals surface area contributed by atoms with Crippen molar-refractivity contribution in [3.05, 3.63) is 71.4 Å². The average molecular weight is 408 g/mol. The highest BCUT2D eigenvalue weighted by atomic mass is 16.5. The molecular formula is C25H33N3O2. The van der Waals surface area contributed by atoms with Gasteiger partial charge in [-0.15, -0.1) is 0 Å². The molecule has 160 valence electrons. The number of rotatable bonds is 10. The van der Waals surface area contributed by atoms with Crippen molar-refractivity contribution in [2.24, 2.45) is 0 Å². The van der Waals surface area contributed by atoms with Crippen LogP contribution in [0.5, 0.6) is 11.6 Å². The third-order valence-electron chi connectivity index (χ3n) is 5.24. The Morgan fingerprint density at radius 1 is 1.03 bits per heavy atom. The van der Waals surface area contributed by atoms with Crippen LogP contribution in [0.3, 0.4) is 0 Å². The molecule has 1 heterocycles. The Morgan fingerprint density at radius 3 is 2.37 bits per heavy atom. The molecule has 1 N–H and O–H groups in total. The van der Waals surface area contributed by atoms with Gasteiger partial charge in [0.2, 0.25) is 5.88 Å². The monoisotopic (exact) mass is 407 g/mol. The number of aryl methyl sites for hydroxylation is 2. The summed E-state index contributed by atoms with van der Waals surface area (Å²) in [6, 6.07) is 18.1. The number of aromatic nitrogens is 2. The van der Waals surface area contributed by atoms with Gasteiger partial charge in [-0.3, -0.25) is 4.90 Å². The first-order valence-corrected chi connectivity index (χ1v) is 10.8. The van der Waals surface area contributed by atoms with Crippen LogP contribution >= 0.6 is 0 Å². The minimum atomic E-state index is -0.331. The number of aliphatic hydroxyl groups is 1. The number of nitrogens with zero attached hydrogens (tertiary/aromatic N) is 3. The van der Waals surface area contributed by atoms with E-state index in [1.54, 1.807) is 0 Å². The smallest absolute Gasteiger partial charge is 0.227 e. The van der Waals surface area contributed by atoms with Gasteiger partial charge in [0.1, 0.15) is 5.75 Å². The molecule has 5 nitrogen and oxygen atoms in total. The van der Waals surface area contributed by atoms with Crippen LogP contribution < -0.4 is 4.74 Å². The van der Waals surface area contributed by atoms with Crippen molar-refractivity contribution in [1.29, 1.82) is 0 Å². The van der Waals surface area contributed by atoms with Gasteiger partial charge in [0.15, 0.2) is 0 Å². The van der Waals surface area contributed by atoms with Gasteiger partial charge in [0.25, 0.3) is 0 Å². The first-order chi connectivity index (χ1) is 14.5. The highest BCUT2D eigenvalue weighted by Gasteiger charge is 2.22. The Balaban J connectivity index is 2.00. The van der Waals surface area contributed by atoms with Crippen LogP contribution in [0.4, 0.5) is 0 Å². The quantitative estimate of drug-likeness (QED) is 0.498. The van der Waals surface area contributed by atoms with Gasteiger partial charge in [0.05, 0.1) is 23.0 Å². The van der Waals surface area contributed by atoms with E-state index in [1.165, 1.54) is 5.56 Å². The molecule has 3 rings (SSSR count). The standard InChI is InChI=1S/C25H33N3O2/c1-5-16-27(17-22(29)6-2)18-24-20(4)26-28(21-10-8-7-9-11-21)25(24)30-23-14-12-19(3)13-15-23/h7-15,22,29H,5-6,16-18H2,1-4H3/t22-/m1/s1. The van der Waals surface area contributed by atoms with Crippen LogP contribution in [0.15, 0.2) is 54.6 Å². The normalized spacial score (nSPS) is 12.3. The summed E-state index contributed by atoms with van der Waals surface area (Å²) >= 11 is 0. The highest BCUT2D eigenvalue weighted by molar-refractivity contribution is 5.43. The van der Waals surface area contributed by atoms with Crippen LogP contribution in [0, 0.1) is 13.8 Å². The van der Waals surface area contributed by atoms with Crippen molar-refractivity contribution in [3.8, 4) is 17.3 Å². The fraction of sp³-hybridized carbons (Fsp3) is 0.400. The summed E-state index contributed by atoms with van der Waals surface area (Å²) in [6.07, 6.45) is 1.44. The summed E-state index contributed by atoms with van der Waals surface area (Å²) in [6.45, 7) is 10.5. The second-order valence-corrected chi connectivity index (χ2v) is 7.83. The van der Waals surface area contributed by atoms with E-state index in [2.05, 4.69) is 18.7 Å². The van der Waals surface area contributed by atoms with Gasteiger partial charge in [-0.25, -0.2) is 4.68 Å². The van der Waals surface area contributed by atoms with Gasteiger partial charge in [0, 0.05) is 13.1 Å². The topological polar surface area (TPSA) is 50.5 Å². The molecule has 0 saturated carbocycles. The van der Waals surface area contributed by atoms with Crippen LogP contribution in [-0.2, 0) is 6.54 Å². The number of benzene rings is 2. The largest absolute Gasteiger partial charge is 0.439 e. The van der Waals surface area contributed by atoms with E-state index >= 15 is 0 Å². The maximum absolute atomic E-state index is 10.2. The van der Waals surface area contributed by atoms with Gasteiger partial charge in [-0.1, -0.05) is 49.7 Å². The lowest BCUT2D eigenvalue weighted by Crippen LogP contribution is -2.32. The van der Waals surface area contributed by atoms with Gasteiger partial charge >= 0.3 is 0 Å². The van der Waals surface area contributed by atoms with E-state index in [1.807, 2.05) is 73.1 Å². The molecule has 0 saturated heterocycles. The molecule has 0 amide bonds. The average Bonchev–Trinajstić information content (AvgIpc) is 3.05. The minimum absolute atomic E-state index is 0.331. The molecule has 0 aliphatic heterocycles. The summed E-state index contributed by atoms with van der Waals surface area (Å²) in [7, 11) is 0. The zero-order valence-electron chi connectivity index (χ0n) is 18.5. The van der Waals surface area contributed by atoms with Crippen LogP contribution in [0.1, 0.15) is 43.5 Å². The molecule has 5 heteroatoms. The third kappa shape index (κ3) is 5.49. The molecule has 0 aliphatic carbocycles. The zero-order chi connectivity index (χ0) is 21.5. The zero-order valence-corrected chi connectivity index (χ0v) is 18.5. The van der Waals surface area contributed by atoms with E-state index in [0.717, 1.165) is 48.0 Å². The first-order valence-electron chi connectivity index (χ1n) is 10.8. The first kappa shape index (κ1) is 22.1. The van der Waals surface area contributed by atoms with Gasteiger partial charge in [-0.2, -0.15) is 5.10 Å². The van der Waals surface area contributed by atoms with E-state index in [9.17, 15) is 5.11 Å². The molecule has 0 spiro atoms. The molecule has 0 fully saturated rings. The Bertz CT molecular complexity index is 920. The van der Waals surface area contributed by atoms with E-state index in [-0.39, 0.29) is 6.10 Å². The lowest BCUT2D eigenvalue weighted by atomic mass is 10.2. The summed E-state index contributed by atoms with van der Waals surface area (Å²) in [5, 5.41) is 15.0. The highest BCUT2D eigenvalue weighted by Crippen LogP contribution is 2.32. The second-order valence-electron chi connectivity index (χ2n) is 7.83. The predicted octanol–water partition coefficient (Wildman–Crippen LogP) is 5.26. The van der Waals surface area contributed by atoms with Crippen LogP contribution in [0.25, 0.3) is 5.69 Å². The van der Waals surface area contributed by atoms with Crippen molar-refractivity contribution in [2.45, 2.75) is 53.2 Å². The Morgan fingerprint density at radius 2 is 1.73 bits per heavy atom. The molecule has 2 aromatic carbocycles. The lowest BCUT2D eigenvalue weighted by molar-refractivity contribution is 0.105. The third-order valence-corrected chi connectivity index (χ3v) is 5.24. The van der Waals surface area contributed by atoms with Crippen molar-refractivity contribution in [3.63, 3.8) is 0 Å². The summed E-state index contributed by atoms with van der Waals surface area (Å²) in [4.78, 5) is 2.29. The van der Waals surface area contributed by atoms with Crippen molar-refractivity contribution < 1.29 is 9.84 Å². The molecule has 0 aliphatic rings. The summed E-state index contributed by atoms with van der Waals surface area (Å²) in [5.41, 5.74) is 4.15. The fourth-order valence-corrected chi connectivity index (χ4v) is 3.49. The molecular weight excluding hydrogens is 374 g/mol. The number of para-hydroxylation sites is 1. The van der Waals surface area contributed by atoms with Gasteiger partial charge in [-0.05, 0) is 57.5 Å². The maximum Gasteiger partial charge on any atom is 0.227 e. The molecule has 0 radical (unpaired) electrons. The van der Waals surface area contributed by atoms with E-state index < -0.39 is 0 Å². The molecule has 30 heavy (non-hydrogen) atoms. The van der Waals surface area contributed by atoms with Crippen molar-refractivity contribution in [2.75, 3.05) is 13.1 Å². The molecule has 1 atom stereocenters. The Hall–Kier alpha value is -2.63. The summed E-state index contributed by atoms with van der Waals surface area (Å²) in [5.74, 6) is 1.52. The van der Waals surface area contributed by atoms with E-state index in [0.29, 0.717) is 13.1 Å². The number of ether oxygens (including phenoxy) is 1. The van der Waals surface area contributed by atoms with Crippen molar-refractivity contribution >= 4 is 0 Å². The Labute approximate surface area is 179 Å². The lowest BCUT2D eigenvalue weighted by Gasteiger charge is -2.24. The summed E-state index contributed by atoms with van der Waals surface area (Å²) < 4.78 is 8.27. The maximum atomic E-state index is 10.2. The number of aliphatic hydroxyl groups excluding tert-OH is 1. The van der Waals surface area contributed by atoms with Crippen LogP contribution in [0.2, 0.25) is 0 Å². The number of hydrogen-bond acceptors (Lipinski definition) is 4. The fourth-order valence-electron chi connectivity index (χ4n) is 3.49. The molecule has 0 unspecified atom stereocenters. The molecule has 1 aromatic heterocycles. The van der Waals surface area contributed by atoms with E-state index in [4.69, 9.17) is 9.84 Å². The molecule has 3 aromatic rings. The minimum Gasteiger partial charge on any atom is -0.439 e.